The maximum absolute atomic E-state index is 10.3. The average molecular weight is 387 g/mol. The summed E-state index contributed by atoms with van der Waals surface area (Å²) in [5.74, 6) is 0. The molecule has 2 aromatic carbocycles. The highest BCUT2D eigenvalue weighted by Crippen LogP contribution is 2.37. The normalized spacial score (nSPS) is 26.3. The van der Waals surface area contributed by atoms with Crippen molar-refractivity contribution in [1.82, 2.24) is 0 Å². The molecule has 1 saturated heterocycles. The third-order valence-electron chi connectivity index (χ3n) is 5.48. The summed E-state index contributed by atoms with van der Waals surface area (Å²) in [7, 11) is -2.66. The highest BCUT2D eigenvalue weighted by atomic mass is 28.4. The molecule has 0 radical (unpaired) electrons. The molecule has 0 unspecified atom stereocenters. The van der Waals surface area contributed by atoms with Gasteiger partial charge in [-0.2, -0.15) is 0 Å². The van der Waals surface area contributed by atoms with Gasteiger partial charge in [0.1, 0.15) is 18.3 Å². The van der Waals surface area contributed by atoms with Crippen molar-refractivity contribution in [2.45, 2.75) is 57.1 Å². The molecule has 0 aromatic heterocycles. The van der Waals surface area contributed by atoms with Gasteiger partial charge in [0.2, 0.25) is 0 Å². The van der Waals surface area contributed by atoms with Crippen molar-refractivity contribution in [3.8, 4) is 0 Å². The van der Waals surface area contributed by atoms with E-state index in [1.165, 1.54) is 10.4 Å². The third-order valence-corrected chi connectivity index (χ3v) is 10.5. The number of aliphatic hydroxyl groups excluding tert-OH is 2. The molecule has 146 valence electrons. The molecular weight excluding hydrogens is 356 g/mol. The summed E-state index contributed by atoms with van der Waals surface area (Å²) >= 11 is 0. The summed E-state index contributed by atoms with van der Waals surface area (Å²) in [4.78, 5) is 0. The van der Waals surface area contributed by atoms with E-state index in [9.17, 15) is 10.2 Å². The van der Waals surface area contributed by atoms with E-state index in [0.29, 0.717) is 0 Å². The molecule has 1 fully saturated rings. The molecule has 0 aliphatic carbocycles. The zero-order valence-corrected chi connectivity index (χ0v) is 17.5. The Kier molecular flexibility index (Phi) is 5.89. The van der Waals surface area contributed by atoms with Crippen LogP contribution in [-0.2, 0) is 9.16 Å². The quantitative estimate of drug-likeness (QED) is 0.773. The molecule has 3 rings (SSSR count). The van der Waals surface area contributed by atoms with Gasteiger partial charge in [-0.25, -0.2) is 0 Å². The molecule has 0 bridgehead atoms. The fraction of sp³-hybridized carbons (Fsp3) is 0.455. The first-order valence-corrected chi connectivity index (χ1v) is 11.4. The lowest BCUT2D eigenvalue weighted by Crippen LogP contribution is -2.67. The van der Waals surface area contributed by atoms with Crippen LogP contribution in [0.2, 0.25) is 5.04 Å². The molecule has 4 atom stereocenters. The van der Waals surface area contributed by atoms with Crippen molar-refractivity contribution >= 4 is 18.7 Å². The molecule has 2 N–H and O–H groups in total. The van der Waals surface area contributed by atoms with Gasteiger partial charge >= 0.3 is 0 Å². The first kappa shape index (κ1) is 20.2. The first-order valence-electron chi connectivity index (χ1n) is 9.54. The van der Waals surface area contributed by atoms with Crippen LogP contribution in [0.1, 0.15) is 27.7 Å². The zero-order valence-electron chi connectivity index (χ0n) is 16.5. The Balaban J connectivity index is 2.02. The SMILES string of the molecule is C[C@@H]1O[C@H](CO[Si](c2ccccc2)(c2ccccc2)C(C)(C)C)[C@@H](O)[C@H]1O. The van der Waals surface area contributed by atoms with Crippen molar-refractivity contribution < 1.29 is 19.4 Å². The highest BCUT2D eigenvalue weighted by molar-refractivity contribution is 6.99. The Morgan fingerprint density at radius 2 is 1.37 bits per heavy atom. The lowest BCUT2D eigenvalue weighted by Gasteiger charge is -2.43. The lowest BCUT2D eigenvalue weighted by atomic mass is 10.1. The molecule has 1 heterocycles. The van der Waals surface area contributed by atoms with Crippen molar-refractivity contribution in [1.29, 1.82) is 0 Å². The van der Waals surface area contributed by atoms with Gasteiger partial charge in [-0.1, -0.05) is 81.4 Å². The summed E-state index contributed by atoms with van der Waals surface area (Å²) in [5.41, 5.74) is 0. The molecule has 1 aliphatic heterocycles. The summed E-state index contributed by atoms with van der Waals surface area (Å²) in [6.07, 6.45) is -2.74. The molecule has 0 saturated carbocycles. The second-order valence-electron chi connectivity index (χ2n) is 8.34. The van der Waals surface area contributed by atoms with Crippen LogP contribution < -0.4 is 10.4 Å². The molecule has 27 heavy (non-hydrogen) atoms. The van der Waals surface area contributed by atoms with Crippen LogP contribution in [0.3, 0.4) is 0 Å². The largest absolute Gasteiger partial charge is 0.405 e. The van der Waals surface area contributed by atoms with E-state index in [-0.39, 0.29) is 11.6 Å². The summed E-state index contributed by atoms with van der Waals surface area (Å²) < 4.78 is 12.5. The van der Waals surface area contributed by atoms with E-state index in [4.69, 9.17) is 9.16 Å². The van der Waals surface area contributed by atoms with Crippen molar-refractivity contribution in [2.75, 3.05) is 6.61 Å². The molecule has 4 nitrogen and oxygen atoms in total. The fourth-order valence-electron chi connectivity index (χ4n) is 4.04. The minimum Gasteiger partial charge on any atom is -0.405 e. The Hall–Kier alpha value is -1.50. The molecule has 2 aromatic rings. The van der Waals surface area contributed by atoms with Gasteiger partial charge < -0.3 is 19.4 Å². The smallest absolute Gasteiger partial charge is 0.261 e. The third kappa shape index (κ3) is 3.75. The number of ether oxygens (including phenoxy) is 1. The molecule has 5 heteroatoms. The van der Waals surface area contributed by atoms with Crippen LogP contribution in [0.5, 0.6) is 0 Å². The minimum atomic E-state index is -2.66. The zero-order chi connectivity index (χ0) is 19.7. The molecular formula is C22H30O4Si. The maximum Gasteiger partial charge on any atom is 0.261 e. The maximum atomic E-state index is 10.3. The van der Waals surface area contributed by atoms with Gasteiger partial charge in [-0.15, -0.1) is 0 Å². The lowest BCUT2D eigenvalue weighted by molar-refractivity contribution is -0.0131. The Bertz CT molecular complexity index is 689. The number of aliphatic hydroxyl groups is 2. The Labute approximate surface area is 162 Å². The monoisotopic (exact) mass is 386 g/mol. The summed E-state index contributed by atoms with van der Waals surface area (Å²) in [6.45, 7) is 8.65. The van der Waals surface area contributed by atoms with Gasteiger partial charge in [0, 0.05) is 0 Å². The van der Waals surface area contributed by atoms with Crippen LogP contribution in [-0.4, -0.2) is 49.6 Å². The van der Waals surface area contributed by atoms with Gasteiger partial charge in [0.25, 0.3) is 8.32 Å². The highest BCUT2D eigenvalue weighted by Gasteiger charge is 2.51. The fourth-order valence-corrected chi connectivity index (χ4v) is 8.61. The van der Waals surface area contributed by atoms with E-state index >= 15 is 0 Å². The standard InChI is InChI=1S/C22H30O4Si/c1-16-20(23)21(24)19(26-16)15-25-27(22(2,3)4,17-11-7-5-8-12-17)18-13-9-6-10-14-18/h5-14,16,19-21,23-24H,15H2,1-4H3/t16-,19+,20-,21+/m0/s1. The summed E-state index contributed by atoms with van der Waals surface area (Å²) in [6, 6.07) is 20.7. The van der Waals surface area contributed by atoms with E-state index in [1.54, 1.807) is 6.92 Å². The molecule has 0 spiro atoms. The summed E-state index contributed by atoms with van der Waals surface area (Å²) in [5, 5.41) is 22.6. The van der Waals surface area contributed by atoms with Crippen molar-refractivity contribution in [3.63, 3.8) is 0 Å². The van der Waals surface area contributed by atoms with Gasteiger partial charge in [0.15, 0.2) is 0 Å². The predicted molar refractivity (Wildman–Crippen MR) is 110 cm³/mol. The minimum absolute atomic E-state index is 0.135. The number of rotatable bonds is 5. The van der Waals surface area contributed by atoms with Crippen LogP contribution in [0.25, 0.3) is 0 Å². The van der Waals surface area contributed by atoms with Crippen LogP contribution in [0.4, 0.5) is 0 Å². The van der Waals surface area contributed by atoms with Crippen LogP contribution in [0.15, 0.2) is 60.7 Å². The van der Waals surface area contributed by atoms with E-state index in [2.05, 4.69) is 45.0 Å². The predicted octanol–water partition coefficient (Wildman–Crippen LogP) is 2.07. The second-order valence-corrected chi connectivity index (χ2v) is 12.6. The van der Waals surface area contributed by atoms with Gasteiger partial charge in [0.05, 0.1) is 12.7 Å². The number of hydrogen-bond donors (Lipinski definition) is 2. The van der Waals surface area contributed by atoms with Crippen LogP contribution in [0, 0.1) is 0 Å². The van der Waals surface area contributed by atoms with Crippen molar-refractivity contribution in [2.24, 2.45) is 0 Å². The topological polar surface area (TPSA) is 58.9 Å². The number of benzene rings is 2. The Morgan fingerprint density at radius 1 is 0.889 bits per heavy atom. The number of hydrogen-bond acceptors (Lipinski definition) is 4. The second kappa shape index (κ2) is 7.85. The van der Waals surface area contributed by atoms with E-state index in [1.807, 2.05) is 36.4 Å². The van der Waals surface area contributed by atoms with Gasteiger partial charge in [-0.3, -0.25) is 0 Å². The van der Waals surface area contributed by atoms with Crippen LogP contribution >= 0.6 is 0 Å². The van der Waals surface area contributed by atoms with Gasteiger partial charge in [-0.05, 0) is 22.3 Å². The van der Waals surface area contributed by atoms with Crippen molar-refractivity contribution in [3.05, 3.63) is 60.7 Å². The Morgan fingerprint density at radius 3 is 1.74 bits per heavy atom. The molecule has 0 amide bonds. The first-order chi connectivity index (χ1) is 12.8. The van der Waals surface area contributed by atoms with E-state index in [0.717, 1.165) is 0 Å². The molecule has 1 aliphatic rings. The average Bonchev–Trinajstić information content (AvgIpc) is 2.90. The van der Waals surface area contributed by atoms with E-state index < -0.39 is 32.7 Å².